The van der Waals surface area contributed by atoms with Gasteiger partial charge >= 0.3 is 24.0 Å². The fourth-order valence-corrected chi connectivity index (χ4v) is 2.00. The van der Waals surface area contributed by atoms with E-state index in [0.717, 1.165) is 13.8 Å². The molecular formula is C12H16F3NO7. The molecule has 1 fully saturated rings. The summed E-state index contributed by atoms with van der Waals surface area (Å²) < 4.78 is 56.9. The van der Waals surface area contributed by atoms with Crippen molar-refractivity contribution < 1.29 is 46.5 Å². The SMILES string of the molecule is CO[C@H]1OC[C@H](NC(=O)C(F)(F)F)[C@H](OC(C)=O)[C@H]1OC(C)=O. The first-order valence-corrected chi connectivity index (χ1v) is 6.42. The van der Waals surface area contributed by atoms with Gasteiger partial charge < -0.3 is 24.3 Å². The number of carbonyl (C=O) groups excluding carboxylic acids is 3. The number of alkyl halides is 3. The van der Waals surface area contributed by atoms with Crippen LogP contribution in [0.1, 0.15) is 13.8 Å². The van der Waals surface area contributed by atoms with Crippen LogP contribution >= 0.6 is 0 Å². The number of hydrogen-bond acceptors (Lipinski definition) is 7. The molecule has 11 heteroatoms. The van der Waals surface area contributed by atoms with Gasteiger partial charge in [0.2, 0.25) is 0 Å². The van der Waals surface area contributed by atoms with E-state index in [2.05, 4.69) is 0 Å². The zero-order chi connectivity index (χ0) is 17.8. The van der Waals surface area contributed by atoms with E-state index in [1.54, 1.807) is 5.32 Å². The number of rotatable bonds is 4. The average molecular weight is 343 g/mol. The van der Waals surface area contributed by atoms with E-state index < -0.39 is 55.2 Å². The number of halogens is 3. The summed E-state index contributed by atoms with van der Waals surface area (Å²) in [5.74, 6) is -3.86. The molecule has 1 aliphatic rings. The van der Waals surface area contributed by atoms with Crippen LogP contribution in [0, 0.1) is 0 Å². The Morgan fingerprint density at radius 1 is 1.09 bits per heavy atom. The van der Waals surface area contributed by atoms with Crippen molar-refractivity contribution in [1.29, 1.82) is 0 Å². The number of carbonyl (C=O) groups is 3. The first-order chi connectivity index (χ1) is 10.6. The zero-order valence-corrected chi connectivity index (χ0v) is 12.5. The Bertz CT molecular complexity index is 468. The van der Waals surface area contributed by atoms with Crippen molar-refractivity contribution in [2.24, 2.45) is 0 Å². The summed E-state index contributed by atoms with van der Waals surface area (Å²) in [5.41, 5.74) is 0. The van der Waals surface area contributed by atoms with E-state index >= 15 is 0 Å². The van der Waals surface area contributed by atoms with Crippen molar-refractivity contribution in [3.05, 3.63) is 0 Å². The number of nitrogens with one attached hydrogen (secondary N) is 1. The maximum absolute atomic E-state index is 12.4. The molecule has 0 unspecified atom stereocenters. The molecule has 0 saturated carbocycles. The summed E-state index contributed by atoms with van der Waals surface area (Å²) in [5, 5.41) is 1.65. The molecule has 0 aromatic rings. The van der Waals surface area contributed by atoms with Crippen LogP contribution in [0.4, 0.5) is 13.2 Å². The molecule has 1 amide bonds. The molecule has 0 spiro atoms. The average Bonchev–Trinajstić information content (AvgIpc) is 2.40. The molecule has 132 valence electrons. The van der Waals surface area contributed by atoms with Gasteiger partial charge in [0.25, 0.3) is 0 Å². The van der Waals surface area contributed by atoms with Gasteiger partial charge in [0.15, 0.2) is 18.5 Å². The number of hydrogen-bond donors (Lipinski definition) is 1. The molecule has 1 heterocycles. The van der Waals surface area contributed by atoms with Gasteiger partial charge in [0.1, 0.15) is 0 Å². The third-order valence-corrected chi connectivity index (χ3v) is 2.84. The molecule has 4 atom stereocenters. The van der Waals surface area contributed by atoms with Crippen molar-refractivity contribution in [2.75, 3.05) is 13.7 Å². The predicted octanol–water partition coefficient (Wildman–Crippen LogP) is -0.100. The number of esters is 2. The fourth-order valence-electron chi connectivity index (χ4n) is 2.00. The number of ether oxygens (including phenoxy) is 4. The predicted molar refractivity (Wildman–Crippen MR) is 65.8 cm³/mol. The zero-order valence-electron chi connectivity index (χ0n) is 12.5. The quantitative estimate of drug-likeness (QED) is 0.712. The van der Waals surface area contributed by atoms with E-state index in [-0.39, 0.29) is 0 Å². The molecule has 0 aromatic heterocycles. The van der Waals surface area contributed by atoms with Crippen LogP contribution < -0.4 is 5.32 Å². The molecule has 0 aromatic carbocycles. The lowest BCUT2D eigenvalue weighted by Crippen LogP contribution is -2.63. The highest BCUT2D eigenvalue weighted by atomic mass is 19.4. The first kappa shape index (κ1) is 19.2. The lowest BCUT2D eigenvalue weighted by atomic mass is 10.0. The molecular weight excluding hydrogens is 327 g/mol. The minimum Gasteiger partial charge on any atom is -0.456 e. The second-order valence-corrected chi connectivity index (χ2v) is 4.66. The Kier molecular flexibility index (Phi) is 6.33. The highest BCUT2D eigenvalue weighted by Crippen LogP contribution is 2.24. The van der Waals surface area contributed by atoms with Crippen LogP contribution in [-0.4, -0.2) is 62.3 Å². The summed E-state index contributed by atoms with van der Waals surface area (Å²) in [7, 11) is 1.21. The molecule has 0 aliphatic carbocycles. The monoisotopic (exact) mass is 343 g/mol. The van der Waals surface area contributed by atoms with Crippen LogP contribution in [0.25, 0.3) is 0 Å². The summed E-state index contributed by atoms with van der Waals surface area (Å²) in [6.45, 7) is 1.64. The highest BCUT2D eigenvalue weighted by Gasteiger charge is 2.48. The highest BCUT2D eigenvalue weighted by molar-refractivity contribution is 5.82. The molecule has 0 bridgehead atoms. The van der Waals surface area contributed by atoms with E-state index in [1.165, 1.54) is 7.11 Å². The van der Waals surface area contributed by atoms with E-state index in [4.69, 9.17) is 18.9 Å². The standard InChI is InChI=1S/C12H16F3NO7/c1-5(17)22-8-7(16-11(19)12(13,14)15)4-21-10(20-3)9(8)23-6(2)18/h7-10H,4H2,1-3H3,(H,16,19)/t7-,8-,9+,10-/m0/s1. The second-order valence-electron chi connectivity index (χ2n) is 4.66. The normalized spacial score (nSPS) is 27.9. The molecule has 23 heavy (non-hydrogen) atoms. The summed E-state index contributed by atoms with van der Waals surface area (Å²) >= 11 is 0. The third kappa shape index (κ3) is 5.36. The van der Waals surface area contributed by atoms with E-state index in [9.17, 15) is 27.6 Å². The molecule has 1 aliphatic heterocycles. The molecule has 1 saturated heterocycles. The van der Waals surface area contributed by atoms with Crippen molar-refractivity contribution in [3.63, 3.8) is 0 Å². The summed E-state index contributed by atoms with van der Waals surface area (Å²) in [6.07, 6.45) is -9.03. The molecule has 1 N–H and O–H groups in total. The smallest absolute Gasteiger partial charge is 0.456 e. The maximum Gasteiger partial charge on any atom is 0.471 e. The maximum atomic E-state index is 12.4. The Morgan fingerprint density at radius 2 is 1.61 bits per heavy atom. The minimum absolute atomic E-state index is 0.434. The van der Waals surface area contributed by atoms with Gasteiger partial charge in [-0.2, -0.15) is 13.2 Å². The number of methoxy groups -OCH3 is 1. The Balaban J connectivity index is 3.01. The van der Waals surface area contributed by atoms with Crippen LogP contribution in [0.2, 0.25) is 0 Å². The lowest BCUT2D eigenvalue weighted by molar-refractivity contribution is -0.255. The first-order valence-electron chi connectivity index (χ1n) is 6.42. The topological polar surface area (TPSA) is 100 Å². The van der Waals surface area contributed by atoms with Gasteiger partial charge in [-0.1, -0.05) is 0 Å². The Labute approximate surface area is 129 Å². The van der Waals surface area contributed by atoms with Gasteiger partial charge in [-0.05, 0) is 0 Å². The van der Waals surface area contributed by atoms with Gasteiger partial charge in [-0.3, -0.25) is 14.4 Å². The Morgan fingerprint density at radius 3 is 2.04 bits per heavy atom. The van der Waals surface area contributed by atoms with Crippen LogP contribution in [0.3, 0.4) is 0 Å². The molecule has 1 rings (SSSR count). The van der Waals surface area contributed by atoms with Crippen molar-refractivity contribution in [2.45, 2.75) is 44.6 Å². The van der Waals surface area contributed by atoms with Gasteiger partial charge in [-0.25, -0.2) is 0 Å². The van der Waals surface area contributed by atoms with Crippen molar-refractivity contribution in [3.8, 4) is 0 Å². The van der Waals surface area contributed by atoms with Gasteiger partial charge in [0.05, 0.1) is 12.6 Å². The summed E-state index contributed by atoms with van der Waals surface area (Å²) in [4.78, 5) is 33.4. The fraction of sp³-hybridized carbons (Fsp3) is 0.750. The minimum atomic E-state index is -5.13. The molecule has 0 radical (unpaired) electrons. The largest absolute Gasteiger partial charge is 0.471 e. The van der Waals surface area contributed by atoms with Crippen LogP contribution in [0.15, 0.2) is 0 Å². The van der Waals surface area contributed by atoms with Crippen LogP contribution in [-0.2, 0) is 33.3 Å². The summed E-state index contributed by atoms with van der Waals surface area (Å²) in [6, 6.07) is -1.37. The van der Waals surface area contributed by atoms with E-state index in [0.29, 0.717) is 0 Å². The van der Waals surface area contributed by atoms with Crippen molar-refractivity contribution >= 4 is 17.8 Å². The third-order valence-electron chi connectivity index (χ3n) is 2.84. The van der Waals surface area contributed by atoms with Gasteiger partial charge in [-0.15, -0.1) is 0 Å². The molecule has 8 nitrogen and oxygen atoms in total. The second kappa shape index (κ2) is 7.59. The van der Waals surface area contributed by atoms with Gasteiger partial charge in [0, 0.05) is 21.0 Å². The van der Waals surface area contributed by atoms with Crippen molar-refractivity contribution in [1.82, 2.24) is 5.32 Å². The van der Waals surface area contributed by atoms with Crippen LogP contribution in [0.5, 0.6) is 0 Å². The lowest BCUT2D eigenvalue weighted by Gasteiger charge is -2.40. The number of amides is 1. The van der Waals surface area contributed by atoms with E-state index in [1.807, 2.05) is 0 Å². The Hall–Kier alpha value is -1.88.